The highest BCUT2D eigenvalue weighted by atomic mass is 32.1. The van der Waals surface area contributed by atoms with Crippen LogP contribution in [0, 0.1) is 0 Å². The fraction of sp³-hybridized carbons (Fsp3) is 0.267. The molecule has 0 spiro atoms. The third kappa shape index (κ3) is 3.11. The van der Waals surface area contributed by atoms with E-state index in [1.807, 2.05) is 18.2 Å². The topological polar surface area (TPSA) is 49.3 Å². The van der Waals surface area contributed by atoms with Crippen LogP contribution < -0.4 is 10.7 Å². The van der Waals surface area contributed by atoms with Gasteiger partial charge in [-0.3, -0.25) is 5.43 Å². The normalized spacial score (nSPS) is 15.6. The molecule has 1 aromatic carbocycles. The Morgan fingerprint density at radius 2 is 2.10 bits per heavy atom. The van der Waals surface area contributed by atoms with Crippen LogP contribution in [-0.4, -0.2) is 22.9 Å². The number of benzene rings is 1. The molecule has 1 aliphatic carbocycles. The van der Waals surface area contributed by atoms with E-state index in [9.17, 15) is 0 Å². The third-order valence-electron chi connectivity index (χ3n) is 3.33. The number of thiocarbonyl (C=S) groups is 1. The number of hydrogen-bond acceptors (Lipinski definition) is 4. The molecule has 0 radical (unpaired) electrons. The highest BCUT2D eigenvalue weighted by Crippen LogP contribution is 2.32. The standard InChI is InChI=1S/C15H16N4S2/c1-16-15(20)19-18-12-9-5-8-11-13(12)21-14(17-11)10-6-3-2-4-7-10/h2-4,6-7H,5,8-9H2,1H3,(H2,16,19,20)/b18-12-. The molecule has 0 unspecified atom stereocenters. The summed E-state index contributed by atoms with van der Waals surface area (Å²) in [7, 11) is 1.78. The van der Waals surface area contributed by atoms with E-state index in [2.05, 4.69) is 28.0 Å². The number of thiazole rings is 1. The first-order valence-corrected chi connectivity index (χ1v) is 8.10. The van der Waals surface area contributed by atoms with Gasteiger partial charge in [-0.2, -0.15) is 5.10 Å². The molecular formula is C15H16N4S2. The molecule has 0 saturated carbocycles. The van der Waals surface area contributed by atoms with Crippen LogP contribution >= 0.6 is 23.6 Å². The Hall–Kier alpha value is -1.79. The van der Waals surface area contributed by atoms with Gasteiger partial charge in [-0.15, -0.1) is 11.3 Å². The summed E-state index contributed by atoms with van der Waals surface area (Å²) < 4.78 is 0. The van der Waals surface area contributed by atoms with E-state index in [4.69, 9.17) is 17.2 Å². The zero-order valence-electron chi connectivity index (χ0n) is 11.7. The molecule has 2 aromatic rings. The van der Waals surface area contributed by atoms with Crippen LogP contribution in [0.15, 0.2) is 35.4 Å². The maximum Gasteiger partial charge on any atom is 0.186 e. The van der Waals surface area contributed by atoms with Gasteiger partial charge in [0.1, 0.15) is 5.01 Å². The van der Waals surface area contributed by atoms with Crippen LogP contribution in [0.2, 0.25) is 0 Å². The summed E-state index contributed by atoms with van der Waals surface area (Å²) in [6.45, 7) is 0. The SMILES string of the molecule is CNC(=S)N/N=C1/CCCc2nc(-c3ccccc3)sc21. The van der Waals surface area contributed by atoms with Crippen molar-refractivity contribution >= 4 is 34.4 Å². The molecule has 1 aromatic heterocycles. The van der Waals surface area contributed by atoms with Crippen molar-refractivity contribution < 1.29 is 0 Å². The summed E-state index contributed by atoms with van der Waals surface area (Å²) in [5, 5.41) is 8.89. The molecule has 0 bridgehead atoms. The van der Waals surface area contributed by atoms with Gasteiger partial charge in [0.15, 0.2) is 5.11 Å². The summed E-state index contributed by atoms with van der Waals surface area (Å²) in [4.78, 5) is 5.97. The summed E-state index contributed by atoms with van der Waals surface area (Å²) in [6.07, 6.45) is 3.06. The van der Waals surface area contributed by atoms with Crippen molar-refractivity contribution in [3.63, 3.8) is 0 Å². The zero-order valence-corrected chi connectivity index (χ0v) is 13.4. The summed E-state index contributed by atoms with van der Waals surface area (Å²) in [6, 6.07) is 10.3. The van der Waals surface area contributed by atoms with Gasteiger partial charge < -0.3 is 5.32 Å². The van der Waals surface area contributed by atoms with Gasteiger partial charge in [0.2, 0.25) is 0 Å². The predicted molar refractivity (Wildman–Crippen MR) is 91.8 cm³/mol. The summed E-state index contributed by atoms with van der Waals surface area (Å²) in [5.41, 5.74) is 6.24. The Balaban J connectivity index is 1.92. The zero-order chi connectivity index (χ0) is 14.7. The Morgan fingerprint density at radius 1 is 1.29 bits per heavy atom. The summed E-state index contributed by atoms with van der Waals surface area (Å²) >= 11 is 6.77. The molecule has 0 aliphatic heterocycles. The van der Waals surface area contributed by atoms with E-state index in [1.165, 1.54) is 4.88 Å². The molecule has 0 fully saturated rings. The Labute approximate surface area is 133 Å². The first kappa shape index (κ1) is 14.2. The molecule has 0 atom stereocenters. The molecule has 21 heavy (non-hydrogen) atoms. The number of aryl methyl sites for hydroxylation is 1. The van der Waals surface area contributed by atoms with Gasteiger partial charge >= 0.3 is 0 Å². The number of hydrogen-bond donors (Lipinski definition) is 2. The van der Waals surface area contributed by atoms with Crippen molar-refractivity contribution in [2.45, 2.75) is 19.3 Å². The van der Waals surface area contributed by atoms with Crippen molar-refractivity contribution in [3.8, 4) is 10.6 Å². The number of nitrogens with one attached hydrogen (secondary N) is 2. The van der Waals surface area contributed by atoms with E-state index < -0.39 is 0 Å². The van der Waals surface area contributed by atoms with E-state index in [0.29, 0.717) is 5.11 Å². The van der Waals surface area contributed by atoms with Crippen LogP contribution in [-0.2, 0) is 6.42 Å². The van der Waals surface area contributed by atoms with E-state index in [0.717, 1.165) is 41.2 Å². The highest BCUT2D eigenvalue weighted by molar-refractivity contribution is 7.80. The average molecular weight is 316 g/mol. The van der Waals surface area contributed by atoms with E-state index in [-0.39, 0.29) is 0 Å². The Morgan fingerprint density at radius 3 is 2.86 bits per heavy atom. The van der Waals surface area contributed by atoms with Gasteiger partial charge in [-0.05, 0) is 31.5 Å². The van der Waals surface area contributed by atoms with E-state index >= 15 is 0 Å². The van der Waals surface area contributed by atoms with Gasteiger partial charge in [-0.1, -0.05) is 30.3 Å². The fourth-order valence-electron chi connectivity index (χ4n) is 2.27. The van der Waals surface area contributed by atoms with Crippen molar-refractivity contribution in [2.24, 2.45) is 5.10 Å². The van der Waals surface area contributed by atoms with E-state index in [1.54, 1.807) is 18.4 Å². The smallest absolute Gasteiger partial charge is 0.186 e. The van der Waals surface area contributed by atoms with Gasteiger partial charge in [0.05, 0.1) is 16.3 Å². The first-order chi connectivity index (χ1) is 10.3. The van der Waals surface area contributed by atoms with Crippen molar-refractivity contribution in [3.05, 3.63) is 40.9 Å². The lowest BCUT2D eigenvalue weighted by atomic mass is 10.0. The largest absolute Gasteiger partial charge is 0.364 e. The maximum atomic E-state index is 5.06. The minimum absolute atomic E-state index is 0.530. The average Bonchev–Trinajstić information content (AvgIpc) is 2.98. The van der Waals surface area contributed by atoms with Crippen LogP contribution in [0.5, 0.6) is 0 Å². The molecule has 2 N–H and O–H groups in total. The minimum Gasteiger partial charge on any atom is -0.364 e. The highest BCUT2D eigenvalue weighted by Gasteiger charge is 2.21. The van der Waals surface area contributed by atoms with Crippen LogP contribution in [0.3, 0.4) is 0 Å². The molecule has 0 amide bonds. The Bertz CT molecular complexity index is 676. The van der Waals surface area contributed by atoms with Gasteiger partial charge in [0.25, 0.3) is 0 Å². The summed E-state index contributed by atoms with van der Waals surface area (Å²) in [5.74, 6) is 0. The monoisotopic (exact) mass is 316 g/mol. The second kappa shape index (κ2) is 6.32. The number of fused-ring (bicyclic) bond motifs is 1. The minimum atomic E-state index is 0.530. The maximum absolute atomic E-state index is 5.06. The van der Waals surface area contributed by atoms with Crippen LogP contribution in [0.4, 0.5) is 0 Å². The molecule has 3 rings (SSSR count). The lowest BCUT2D eigenvalue weighted by Crippen LogP contribution is -2.29. The molecule has 0 saturated heterocycles. The third-order valence-corrected chi connectivity index (χ3v) is 4.82. The second-order valence-electron chi connectivity index (χ2n) is 4.76. The number of rotatable bonds is 2. The number of hydrazone groups is 1. The fourth-order valence-corrected chi connectivity index (χ4v) is 3.45. The quantitative estimate of drug-likeness (QED) is 0.661. The lowest BCUT2D eigenvalue weighted by molar-refractivity contribution is 0.811. The van der Waals surface area contributed by atoms with Crippen molar-refractivity contribution in [1.29, 1.82) is 0 Å². The van der Waals surface area contributed by atoms with Gasteiger partial charge in [-0.25, -0.2) is 4.98 Å². The second-order valence-corrected chi connectivity index (χ2v) is 6.17. The van der Waals surface area contributed by atoms with Crippen LogP contribution in [0.25, 0.3) is 10.6 Å². The lowest BCUT2D eigenvalue weighted by Gasteiger charge is -2.12. The van der Waals surface area contributed by atoms with Crippen LogP contribution in [0.1, 0.15) is 23.4 Å². The molecule has 108 valence electrons. The van der Waals surface area contributed by atoms with Crippen molar-refractivity contribution in [1.82, 2.24) is 15.7 Å². The predicted octanol–water partition coefficient (Wildman–Crippen LogP) is 2.94. The molecule has 1 heterocycles. The molecule has 6 heteroatoms. The molecule has 1 aliphatic rings. The molecular weight excluding hydrogens is 300 g/mol. The molecule has 4 nitrogen and oxygen atoms in total. The first-order valence-electron chi connectivity index (χ1n) is 6.87. The Kier molecular flexibility index (Phi) is 4.26. The van der Waals surface area contributed by atoms with Gasteiger partial charge in [0, 0.05) is 12.6 Å². The number of nitrogens with zero attached hydrogens (tertiary/aromatic N) is 2. The van der Waals surface area contributed by atoms with Crippen molar-refractivity contribution in [2.75, 3.05) is 7.05 Å². The number of aromatic nitrogens is 1.